The number of rotatable bonds is 8. The molecule has 0 saturated heterocycles. The van der Waals surface area contributed by atoms with E-state index in [4.69, 9.17) is 9.47 Å². The lowest BCUT2D eigenvalue weighted by Gasteiger charge is -2.13. The van der Waals surface area contributed by atoms with Crippen LogP contribution in [0.1, 0.15) is 26.7 Å². The largest absolute Gasteiger partial charge is 0.497 e. The number of ether oxygens (including phenoxy) is 2. The minimum absolute atomic E-state index is 0.508. The fraction of sp³-hybridized carbons (Fsp3) is 0.571. The van der Waals surface area contributed by atoms with Gasteiger partial charge in [0.05, 0.1) is 13.7 Å². The Labute approximate surface area is 104 Å². The van der Waals surface area contributed by atoms with Gasteiger partial charge in [-0.2, -0.15) is 0 Å². The van der Waals surface area contributed by atoms with Gasteiger partial charge in [0.25, 0.3) is 0 Å². The molecule has 1 atom stereocenters. The van der Waals surface area contributed by atoms with Gasteiger partial charge in [0.1, 0.15) is 11.5 Å². The summed E-state index contributed by atoms with van der Waals surface area (Å²) in [5, 5.41) is 3.44. The highest BCUT2D eigenvalue weighted by molar-refractivity contribution is 5.31. The molecular weight excluding hydrogens is 214 g/mol. The molecule has 0 saturated carbocycles. The monoisotopic (exact) mass is 237 g/mol. The Hall–Kier alpha value is -1.22. The van der Waals surface area contributed by atoms with E-state index < -0.39 is 0 Å². The number of hydrogen-bond donors (Lipinski definition) is 1. The average Bonchev–Trinajstić information content (AvgIpc) is 2.37. The zero-order valence-electron chi connectivity index (χ0n) is 11.0. The maximum absolute atomic E-state index is 5.66. The fourth-order valence-corrected chi connectivity index (χ4v) is 1.52. The molecule has 17 heavy (non-hydrogen) atoms. The molecule has 0 radical (unpaired) electrons. The van der Waals surface area contributed by atoms with Crippen molar-refractivity contribution in [2.45, 2.75) is 32.7 Å². The molecule has 0 aromatic heterocycles. The molecule has 1 aromatic carbocycles. The maximum Gasteiger partial charge on any atom is 0.119 e. The smallest absolute Gasteiger partial charge is 0.119 e. The Kier molecular flexibility index (Phi) is 6.48. The molecule has 0 bridgehead atoms. The van der Waals surface area contributed by atoms with Crippen molar-refractivity contribution >= 4 is 0 Å². The van der Waals surface area contributed by atoms with Crippen LogP contribution in [0.25, 0.3) is 0 Å². The maximum atomic E-state index is 5.66. The Morgan fingerprint density at radius 3 is 2.41 bits per heavy atom. The summed E-state index contributed by atoms with van der Waals surface area (Å²) in [6.45, 7) is 6.18. The molecule has 0 amide bonds. The number of methoxy groups -OCH3 is 1. The number of hydrogen-bond acceptors (Lipinski definition) is 3. The summed E-state index contributed by atoms with van der Waals surface area (Å²) in [7, 11) is 1.66. The topological polar surface area (TPSA) is 30.5 Å². The van der Waals surface area contributed by atoms with E-state index in [-0.39, 0.29) is 0 Å². The second-order valence-corrected chi connectivity index (χ2v) is 4.17. The quantitative estimate of drug-likeness (QED) is 0.754. The van der Waals surface area contributed by atoms with Gasteiger partial charge in [0, 0.05) is 6.04 Å². The van der Waals surface area contributed by atoms with Crippen LogP contribution in [0, 0.1) is 0 Å². The van der Waals surface area contributed by atoms with Gasteiger partial charge in [-0.15, -0.1) is 0 Å². The first kappa shape index (κ1) is 13.8. The van der Waals surface area contributed by atoms with E-state index in [0.717, 1.165) is 31.1 Å². The van der Waals surface area contributed by atoms with E-state index in [0.29, 0.717) is 6.04 Å². The molecule has 0 heterocycles. The first-order chi connectivity index (χ1) is 8.26. The lowest BCUT2D eigenvalue weighted by atomic mass is 10.2. The van der Waals surface area contributed by atoms with Crippen molar-refractivity contribution in [2.75, 3.05) is 20.3 Å². The van der Waals surface area contributed by atoms with E-state index >= 15 is 0 Å². The van der Waals surface area contributed by atoms with Crippen molar-refractivity contribution in [1.29, 1.82) is 0 Å². The summed E-state index contributed by atoms with van der Waals surface area (Å²) >= 11 is 0. The van der Waals surface area contributed by atoms with Crippen LogP contribution >= 0.6 is 0 Å². The predicted octanol–water partition coefficient (Wildman–Crippen LogP) is 2.85. The van der Waals surface area contributed by atoms with Crippen LogP contribution in [0.4, 0.5) is 0 Å². The van der Waals surface area contributed by atoms with Gasteiger partial charge in [-0.3, -0.25) is 0 Å². The van der Waals surface area contributed by atoms with Crippen LogP contribution in [0.2, 0.25) is 0 Å². The van der Waals surface area contributed by atoms with E-state index in [1.807, 2.05) is 24.3 Å². The van der Waals surface area contributed by atoms with Gasteiger partial charge in [-0.1, -0.05) is 6.92 Å². The third-order valence-corrected chi connectivity index (χ3v) is 2.62. The standard InChI is InChI=1S/C14H23NO2/c1-4-10-15-12(2)9-11-17-14-7-5-13(16-3)6-8-14/h5-8,12,15H,4,9-11H2,1-3H3. The van der Waals surface area contributed by atoms with Crippen molar-refractivity contribution in [2.24, 2.45) is 0 Å². The van der Waals surface area contributed by atoms with Crippen molar-refractivity contribution in [3.63, 3.8) is 0 Å². The van der Waals surface area contributed by atoms with Crippen LogP contribution in [0.5, 0.6) is 11.5 Å². The lowest BCUT2D eigenvalue weighted by molar-refractivity contribution is 0.290. The summed E-state index contributed by atoms with van der Waals surface area (Å²) < 4.78 is 10.8. The van der Waals surface area contributed by atoms with Gasteiger partial charge < -0.3 is 14.8 Å². The van der Waals surface area contributed by atoms with E-state index in [1.165, 1.54) is 6.42 Å². The molecule has 1 N–H and O–H groups in total. The molecule has 1 rings (SSSR count). The molecule has 96 valence electrons. The Bertz CT molecular complexity index is 298. The lowest BCUT2D eigenvalue weighted by Crippen LogP contribution is -2.28. The fourth-order valence-electron chi connectivity index (χ4n) is 1.52. The number of nitrogens with one attached hydrogen (secondary N) is 1. The van der Waals surface area contributed by atoms with Crippen molar-refractivity contribution in [3.8, 4) is 11.5 Å². The van der Waals surface area contributed by atoms with Gasteiger partial charge in [-0.25, -0.2) is 0 Å². The SMILES string of the molecule is CCCNC(C)CCOc1ccc(OC)cc1. The molecule has 0 aliphatic carbocycles. The first-order valence-corrected chi connectivity index (χ1v) is 6.26. The highest BCUT2D eigenvalue weighted by atomic mass is 16.5. The van der Waals surface area contributed by atoms with E-state index in [1.54, 1.807) is 7.11 Å². The van der Waals surface area contributed by atoms with Crippen molar-refractivity contribution < 1.29 is 9.47 Å². The van der Waals surface area contributed by atoms with Crippen LogP contribution in [0.3, 0.4) is 0 Å². The zero-order chi connectivity index (χ0) is 12.5. The highest BCUT2D eigenvalue weighted by Gasteiger charge is 2.01. The second kappa shape index (κ2) is 7.96. The molecule has 0 spiro atoms. The normalized spacial score (nSPS) is 12.2. The van der Waals surface area contributed by atoms with Gasteiger partial charge in [-0.05, 0) is 50.6 Å². The van der Waals surface area contributed by atoms with E-state index in [9.17, 15) is 0 Å². The van der Waals surface area contributed by atoms with Crippen LogP contribution < -0.4 is 14.8 Å². The first-order valence-electron chi connectivity index (χ1n) is 6.26. The minimum atomic E-state index is 0.508. The molecule has 1 unspecified atom stereocenters. The molecular formula is C14H23NO2. The second-order valence-electron chi connectivity index (χ2n) is 4.17. The molecule has 0 aliphatic rings. The molecule has 1 aromatic rings. The van der Waals surface area contributed by atoms with Crippen molar-refractivity contribution in [3.05, 3.63) is 24.3 Å². The molecule has 3 heteroatoms. The Morgan fingerprint density at radius 2 is 1.82 bits per heavy atom. The van der Waals surface area contributed by atoms with Crippen LogP contribution in [-0.4, -0.2) is 26.3 Å². The molecule has 0 aliphatic heterocycles. The van der Waals surface area contributed by atoms with Gasteiger partial charge in [0.2, 0.25) is 0 Å². The van der Waals surface area contributed by atoms with E-state index in [2.05, 4.69) is 19.2 Å². The minimum Gasteiger partial charge on any atom is -0.497 e. The van der Waals surface area contributed by atoms with Gasteiger partial charge >= 0.3 is 0 Å². The predicted molar refractivity (Wildman–Crippen MR) is 70.9 cm³/mol. The molecule has 0 fully saturated rings. The highest BCUT2D eigenvalue weighted by Crippen LogP contribution is 2.17. The summed E-state index contributed by atoms with van der Waals surface area (Å²) in [4.78, 5) is 0. The van der Waals surface area contributed by atoms with Crippen LogP contribution in [0.15, 0.2) is 24.3 Å². The molecule has 3 nitrogen and oxygen atoms in total. The van der Waals surface area contributed by atoms with Crippen LogP contribution in [-0.2, 0) is 0 Å². The summed E-state index contributed by atoms with van der Waals surface area (Å²) in [6.07, 6.45) is 2.19. The Balaban J connectivity index is 2.21. The van der Waals surface area contributed by atoms with Crippen molar-refractivity contribution in [1.82, 2.24) is 5.32 Å². The Morgan fingerprint density at radius 1 is 1.18 bits per heavy atom. The average molecular weight is 237 g/mol. The summed E-state index contributed by atoms with van der Waals surface area (Å²) in [6, 6.07) is 8.20. The zero-order valence-corrected chi connectivity index (χ0v) is 11.0. The third kappa shape index (κ3) is 5.59. The van der Waals surface area contributed by atoms with Gasteiger partial charge in [0.15, 0.2) is 0 Å². The number of benzene rings is 1. The third-order valence-electron chi connectivity index (χ3n) is 2.62. The summed E-state index contributed by atoms with van der Waals surface area (Å²) in [5.74, 6) is 1.75. The summed E-state index contributed by atoms with van der Waals surface area (Å²) in [5.41, 5.74) is 0.